The third kappa shape index (κ3) is 2.16. The van der Waals surface area contributed by atoms with Crippen molar-refractivity contribution in [2.75, 3.05) is 0 Å². The van der Waals surface area contributed by atoms with E-state index in [1.54, 1.807) is 6.33 Å². The highest BCUT2D eigenvalue weighted by Gasteiger charge is 2.51. The molecule has 1 aromatic rings. The molecule has 1 atom stereocenters. The van der Waals surface area contributed by atoms with E-state index < -0.39 is 0 Å². The van der Waals surface area contributed by atoms with E-state index in [0.717, 1.165) is 35.6 Å². The van der Waals surface area contributed by atoms with Gasteiger partial charge in [-0.2, -0.15) is 0 Å². The number of hydrogen-bond donors (Lipinski definition) is 1. The second kappa shape index (κ2) is 4.52. The molecule has 108 valence electrons. The monoisotopic (exact) mass is 271 g/mol. The topological polar surface area (TPSA) is 51.8 Å². The standard InChI is InChI=1S/C17H25N3/c1-11-2-16(20-10-19-11)15(18)9-17-6-12-3-13(7-17)5-14(4-12)8-17/h2,10,12-15H,3-9,18H2,1H3. The zero-order valence-electron chi connectivity index (χ0n) is 12.4. The molecule has 1 unspecified atom stereocenters. The van der Waals surface area contributed by atoms with Crippen molar-refractivity contribution < 1.29 is 0 Å². The molecule has 4 aliphatic rings. The van der Waals surface area contributed by atoms with Gasteiger partial charge in [-0.15, -0.1) is 0 Å². The van der Waals surface area contributed by atoms with Crippen LogP contribution in [0, 0.1) is 30.1 Å². The molecule has 4 fully saturated rings. The first-order valence-electron chi connectivity index (χ1n) is 8.16. The fourth-order valence-electron chi connectivity index (χ4n) is 5.79. The Bertz CT molecular complexity index is 475. The quantitative estimate of drug-likeness (QED) is 0.916. The highest BCUT2D eigenvalue weighted by atomic mass is 14.9. The smallest absolute Gasteiger partial charge is 0.115 e. The Morgan fingerprint density at radius 1 is 1.15 bits per heavy atom. The van der Waals surface area contributed by atoms with Gasteiger partial charge in [0.05, 0.1) is 5.69 Å². The van der Waals surface area contributed by atoms with Crippen molar-refractivity contribution in [2.45, 2.75) is 57.9 Å². The fourth-order valence-corrected chi connectivity index (χ4v) is 5.79. The largest absolute Gasteiger partial charge is 0.323 e. The molecule has 0 amide bonds. The zero-order valence-corrected chi connectivity index (χ0v) is 12.4. The molecule has 3 nitrogen and oxygen atoms in total. The molecule has 2 N–H and O–H groups in total. The molecule has 4 bridgehead atoms. The number of aryl methyl sites for hydroxylation is 1. The predicted octanol–water partition coefficient (Wildman–Crippen LogP) is 3.39. The normalized spacial score (nSPS) is 40.0. The van der Waals surface area contributed by atoms with E-state index in [4.69, 9.17) is 5.73 Å². The van der Waals surface area contributed by atoms with Crippen molar-refractivity contribution in [2.24, 2.45) is 28.9 Å². The van der Waals surface area contributed by atoms with Gasteiger partial charge >= 0.3 is 0 Å². The van der Waals surface area contributed by atoms with Gasteiger partial charge in [-0.3, -0.25) is 0 Å². The van der Waals surface area contributed by atoms with Gasteiger partial charge in [0.2, 0.25) is 0 Å². The number of nitrogens with zero attached hydrogens (tertiary/aromatic N) is 2. The third-order valence-electron chi connectivity index (χ3n) is 6.02. The third-order valence-corrected chi connectivity index (χ3v) is 6.02. The second-order valence-electron chi connectivity index (χ2n) is 7.81. The summed E-state index contributed by atoms with van der Waals surface area (Å²) in [4.78, 5) is 8.58. The number of nitrogens with two attached hydrogens (primary N) is 1. The number of aromatic nitrogens is 2. The minimum atomic E-state index is 0.0907. The van der Waals surface area contributed by atoms with Crippen LogP contribution < -0.4 is 5.73 Å². The Morgan fingerprint density at radius 3 is 2.30 bits per heavy atom. The molecular weight excluding hydrogens is 246 g/mol. The molecule has 0 radical (unpaired) electrons. The van der Waals surface area contributed by atoms with Crippen LogP contribution >= 0.6 is 0 Å². The minimum Gasteiger partial charge on any atom is -0.323 e. The van der Waals surface area contributed by atoms with Crippen LogP contribution in [0.4, 0.5) is 0 Å². The van der Waals surface area contributed by atoms with E-state index in [9.17, 15) is 0 Å². The summed E-state index contributed by atoms with van der Waals surface area (Å²) in [5.41, 5.74) is 9.09. The van der Waals surface area contributed by atoms with Crippen molar-refractivity contribution in [1.29, 1.82) is 0 Å². The molecule has 5 rings (SSSR count). The lowest BCUT2D eigenvalue weighted by molar-refractivity contribution is -0.0607. The summed E-state index contributed by atoms with van der Waals surface area (Å²) < 4.78 is 0. The molecule has 1 aromatic heterocycles. The summed E-state index contributed by atoms with van der Waals surface area (Å²) in [6.45, 7) is 2.02. The van der Waals surface area contributed by atoms with E-state index >= 15 is 0 Å². The Labute approximate surface area is 121 Å². The SMILES string of the molecule is Cc1cc(C(N)CC23CC4CC(CC(C4)C2)C3)ncn1. The van der Waals surface area contributed by atoms with E-state index in [-0.39, 0.29) is 6.04 Å². The summed E-state index contributed by atoms with van der Waals surface area (Å²) in [5.74, 6) is 3.00. The molecule has 0 aromatic carbocycles. The number of hydrogen-bond acceptors (Lipinski definition) is 3. The fraction of sp³-hybridized carbons (Fsp3) is 0.765. The van der Waals surface area contributed by atoms with Crippen LogP contribution in [0.1, 0.15) is 62.4 Å². The molecular formula is C17H25N3. The molecule has 0 saturated heterocycles. The lowest BCUT2D eigenvalue weighted by atomic mass is 9.48. The molecule has 20 heavy (non-hydrogen) atoms. The first-order valence-corrected chi connectivity index (χ1v) is 8.16. The van der Waals surface area contributed by atoms with Gasteiger partial charge in [-0.05, 0) is 81.1 Å². The zero-order chi connectivity index (χ0) is 13.7. The van der Waals surface area contributed by atoms with Crippen LogP contribution in [-0.2, 0) is 0 Å². The van der Waals surface area contributed by atoms with Gasteiger partial charge in [0.1, 0.15) is 6.33 Å². The lowest BCUT2D eigenvalue weighted by Gasteiger charge is -2.57. The van der Waals surface area contributed by atoms with Gasteiger partial charge in [-0.1, -0.05) is 0 Å². The maximum atomic E-state index is 6.50. The van der Waals surface area contributed by atoms with Crippen molar-refractivity contribution in [1.82, 2.24) is 9.97 Å². The molecule has 4 saturated carbocycles. The average molecular weight is 271 g/mol. The van der Waals surface area contributed by atoms with Crippen LogP contribution in [0.5, 0.6) is 0 Å². The molecule has 1 heterocycles. The highest BCUT2D eigenvalue weighted by Crippen LogP contribution is 2.62. The molecule has 3 heteroatoms. The van der Waals surface area contributed by atoms with Crippen LogP contribution in [0.2, 0.25) is 0 Å². The van der Waals surface area contributed by atoms with E-state index in [1.807, 2.05) is 6.92 Å². The van der Waals surface area contributed by atoms with Gasteiger partial charge in [0.15, 0.2) is 0 Å². The summed E-state index contributed by atoms with van der Waals surface area (Å²) in [7, 11) is 0. The van der Waals surface area contributed by atoms with E-state index in [1.165, 1.54) is 38.5 Å². The minimum absolute atomic E-state index is 0.0907. The maximum Gasteiger partial charge on any atom is 0.115 e. The Balaban J connectivity index is 1.53. The molecule has 0 aliphatic heterocycles. The van der Waals surface area contributed by atoms with E-state index in [2.05, 4.69) is 16.0 Å². The average Bonchev–Trinajstić information content (AvgIpc) is 2.36. The van der Waals surface area contributed by atoms with Crippen molar-refractivity contribution in [3.63, 3.8) is 0 Å². The van der Waals surface area contributed by atoms with Crippen molar-refractivity contribution in [3.8, 4) is 0 Å². The summed E-state index contributed by atoms with van der Waals surface area (Å²) in [5, 5.41) is 0. The van der Waals surface area contributed by atoms with Crippen LogP contribution in [0.3, 0.4) is 0 Å². The Kier molecular flexibility index (Phi) is 2.88. The second-order valence-corrected chi connectivity index (χ2v) is 7.81. The maximum absolute atomic E-state index is 6.50. The molecule has 4 aliphatic carbocycles. The first-order chi connectivity index (χ1) is 9.62. The summed E-state index contributed by atoms with van der Waals surface area (Å²) in [6.07, 6.45) is 11.6. The van der Waals surface area contributed by atoms with Gasteiger partial charge in [0, 0.05) is 11.7 Å². The Hall–Kier alpha value is -0.960. The van der Waals surface area contributed by atoms with Crippen LogP contribution in [0.25, 0.3) is 0 Å². The molecule has 0 spiro atoms. The highest BCUT2D eigenvalue weighted by molar-refractivity contribution is 5.12. The summed E-state index contributed by atoms with van der Waals surface area (Å²) >= 11 is 0. The Morgan fingerprint density at radius 2 is 1.75 bits per heavy atom. The van der Waals surface area contributed by atoms with Gasteiger partial charge in [0.25, 0.3) is 0 Å². The van der Waals surface area contributed by atoms with Crippen molar-refractivity contribution >= 4 is 0 Å². The lowest BCUT2D eigenvalue weighted by Crippen LogP contribution is -2.47. The number of rotatable bonds is 3. The van der Waals surface area contributed by atoms with E-state index in [0.29, 0.717) is 5.41 Å². The first kappa shape index (κ1) is 12.8. The van der Waals surface area contributed by atoms with Gasteiger partial charge < -0.3 is 5.73 Å². The predicted molar refractivity (Wildman–Crippen MR) is 78.9 cm³/mol. The van der Waals surface area contributed by atoms with Crippen molar-refractivity contribution in [3.05, 3.63) is 23.8 Å². The van der Waals surface area contributed by atoms with Gasteiger partial charge in [-0.25, -0.2) is 9.97 Å². The van der Waals surface area contributed by atoms with Crippen LogP contribution in [0.15, 0.2) is 12.4 Å². The van der Waals surface area contributed by atoms with Crippen LogP contribution in [-0.4, -0.2) is 9.97 Å². The summed E-state index contributed by atoms with van der Waals surface area (Å²) in [6, 6.07) is 2.15.